The predicted molar refractivity (Wildman–Crippen MR) is 116 cm³/mol. The predicted octanol–water partition coefficient (Wildman–Crippen LogP) is 3.66. The quantitative estimate of drug-likeness (QED) is 0.452. The molecule has 0 saturated heterocycles. The second kappa shape index (κ2) is 8.61. The lowest BCUT2D eigenvalue weighted by Crippen LogP contribution is -2.40. The molecule has 0 bridgehead atoms. The third-order valence-electron chi connectivity index (χ3n) is 4.90. The molecule has 0 unspecified atom stereocenters. The maximum absolute atomic E-state index is 12.2. The van der Waals surface area contributed by atoms with Crippen LogP contribution in [0.4, 0.5) is 5.69 Å². The van der Waals surface area contributed by atoms with Crippen molar-refractivity contribution in [2.45, 2.75) is 12.8 Å². The topological polar surface area (TPSA) is 87.3 Å². The molecule has 3 amide bonds. The van der Waals surface area contributed by atoms with Gasteiger partial charge in [-0.1, -0.05) is 42.5 Å². The summed E-state index contributed by atoms with van der Waals surface area (Å²) in [6.45, 7) is 0. The molecule has 0 aliphatic heterocycles. The Morgan fingerprint density at radius 3 is 2.33 bits per heavy atom. The fourth-order valence-corrected chi connectivity index (χ4v) is 3.09. The van der Waals surface area contributed by atoms with Gasteiger partial charge < -0.3 is 5.32 Å². The fourth-order valence-electron chi connectivity index (χ4n) is 3.09. The summed E-state index contributed by atoms with van der Waals surface area (Å²) in [6.07, 6.45) is 4.95. The van der Waals surface area contributed by atoms with Gasteiger partial charge in [-0.15, -0.1) is 0 Å². The Kier molecular flexibility index (Phi) is 5.57. The zero-order valence-corrected chi connectivity index (χ0v) is 16.2. The minimum Gasteiger partial charge on any atom is -0.326 e. The van der Waals surface area contributed by atoms with Crippen LogP contribution in [-0.4, -0.2) is 17.7 Å². The van der Waals surface area contributed by atoms with Gasteiger partial charge in [-0.3, -0.25) is 25.2 Å². The number of fused-ring (bicyclic) bond motifs is 1. The van der Waals surface area contributed by atoms with Crippen LogP contribution in [0, 0.1) is 5.92 Å². The number of amides is 3. The van der Waals surface area contributed by atoms with Crippen LogP contribution in [0.3, 0.4) is 0 Å². The van der Waals surface area contributed by atoms with Crippen molar-refractivity contribution in [1.82, 2.24) is 10.9 Å². The van der Waals surface area contributed by atoms with Crippen molar-refractivity contribution in [3.05, 3.63) is 83.9 Å². The van der Waals surface area contributed by atoms with E-state index in [2.05, 4.69) is 16.2 Å². The molecule has 3 aromatic rings. The highest BCUT2D eigenvalue weighted by molar-refractivity contribution is 6.00. The van der Waals surface area contributed by atoms with E-state index in [1.165, 1.54) is 6.08 Å². The average molecular weight is 399 g/mol. The molecule has 4 rings (SSSR count). The van der Waals surface area contributed by atoms with Crippen LogP contribution in [0.25, 0.3) is 16.8 Å². The number of hydrogen-bond donors (Lipinski definition) is 3. The molecule has 6 heteroatoms. The number of carbonyl (C=O) groups excluding carboxylic acids is 3. The molecule has 1 saturated carbocycles. The van der Waals surface area contributed by atoms with Crippen LogP contribution in [0.5, 0.6) is 0 Å². The third-order valence-corrected chi connectivity index (χ3v) is 4.90. The van der Waals surface area contributed by atoms with E-state index in [9.17, 15) is 14.4 Å². The summed E-state index contributed by atoms with van der Waals surface area (Å²) in [7, 11) is 0. The first-order valence-corrected chi connectivity index (χ1v) is 9.77. The molecule has 30 heavy (non-hydrogen) atoms. The fraction of sp³-hybridized carbons (Fsp3) is 0.125. The summed E-state index contributed by atoms with van der Waals surface area (Å²) in [6, 6.07) is 20.3. The molecule has 1 fully saturated rings. The SMILES string of the molecule is O=C(C=Cc1cccc2ccccc12)NNC(=O)c1ccc(NC(=O)C2CC2)cc1. The zero-order chi connectivity index (χ0) is 20.9. The van der Waals surface area contributed by atoms with Crippen LogP contribution < -0.4 is 16.2 Å². The van der Waals surface area contributed by atoms with Gasteiger partial charge in [-0.05, 0) is 59.5 Å². The maximum atomic E-state index is 12.2. The number of rotatable bonds is 5. The second-order valence-electron chi connectivity index (χ2n) is 7.19. The molecule has 1 aliphatic rings. The van der Waals surface area contributed by atoms with Crippen molar-refractivity contribution in [3.63, 3.8) is 0 Å². The molecular weight excluding hydrogens is 378 g/mol. The average Bonchev–Trinajstić information content (AvgIpc) is 3.62. The van der Waals surface area contributed by atoms with Crippen molar-refractivity contribution in [1.29, 1.82) is 0 Å². The van der Waals surface area contributed by atoms with E-state index in [0.717, 1.165) is 29.2 Å². The lowest BCUT2D eigenvalue weighted by atomic mass is 10.0. The Balaban J connectivity index is 1.31. The highest BCUT2D eigenvalue weighted by Gasteiger charge is 2.29. The number of anilines is 1. The van der Waals surface area contributed by atoms with Gasteiger partial charge in [-0.25, -0.2) is 0 Å². The molecule has 0 heterocycles. The van der Waals surface area contributed by atoms with Crippen molar-refractivity contribution >= 4 is 40.3 Å². The highest BCUT2D eigenvalue weighted by atomic mass is 16.2. The summed E-state index contributed by atoms with van der Waals surface area (Å²) in [4.78, 5) is 36.0. The van der Waals surface area contributed by atoms with Crippen molar-refractivity contribution in [2.24, 2.45) is 5.92 Å². The van der Waals surface area contributed by atoms with Crippen molar-refractivity contribution < 1.29 is 14.4 Å². The van der Waals surface area contributed by atoms with E-state index in [1.54, 1.807) is 30.3 Å². The Morgan fingerprint density at radius 2 is 1.57 bits per heavy atom. The van der Waals surface area contributed by atoms with Gasteiger partial charge in [-0.2, -0.15) is 0 Å². The van der Waals surface area contributed by atoms with Crippen LogP contribution >= 0.6 is 0 Å². The largest absolute Gasteiger partial charge is 0.326 e. The van der Waals surface area contributed by atoms with Gasteiger partial charge in [0.25, 0.3) is 11.8 Å². The van der Waals surface area contributed by atoms with E-state index >= 15 is 0 Å². The van der Waals surface area contributed by atoms with Gasteiger partial charge in [0.15, 0.2) is 0 Å². The normalized spacial score (nSPS) is 13.2. The zero-order valence-electron chi connectivity index (χ0n) is 16.2. The summed E-state index contributed by atoms with van der Waals surface area (Å²) >= 11 is 0. The monoisotopic (exact) mass is 399 g/mol. The smallest absolute Gasteiger partial charge is 0.269 e. The lowest BCUT2D eigenvalue weighted by molar-refractivity contribution is -0.118. The van der Waals surface area contributed by atoms with Crippen LogP contribution in [0.15, 0.2) is 72.8 Å². The number of hydrazine groups is 1. The first-order chi connectivity index (χ1) is 14.6. The highest BCUT2D eigenvalue weighted by Crippen LogP contribution is 2.30. The molecule has 0 aromatic heterocycles. The molecule has 3 N–H and O–H groups in total. The third kappa shape index (κ3) is 4.72. The number of nitrogens with one attached hydrogen (secondary N) is 3. The molecule has 3 aromatic carbocycles. The van der Waals surface area contributed by atoms with Gasteiger partial charge in [0.1, 0.15) is 0 Å². The van der Waals surface area contributed by atoms with Crippen LogP contribution in [0.1, 0.15) is 28.8 Å². The molecule has 0 radical (unpaired) electrons. The molecule has 0 spiro atoms. The number of carbonyl (C=O) groups is 3. The molecule has 150 valence electrons. The minimum absolute atomic E-state index is 0.0115. The molecule has 6 nitrogen and oxygen atoms in total. The standard InChI is InChI=1S/C24H21N3O3/c28-22(15-12-17-6-3-5-16-4-1-2-7-21(16)17)26-27-24(30)19-10-13-20(14-11-19)25-23(29)18-8-9-18/h1-7,10-15,18H,8-9H2,(H,25,29)(H,26,28)(H,27,30). The molecule has 1 aliphatic carbocycles. The molecule has 0 atom stereocenters. The Hall–Kier alpha value is -3.93. The first kappa shape index (κ1) is 19.4. The van der Waals surface area contributed by atoms with Gasteiger partial charge >= 0.3 is 0 Å². The maximum Gasteiger partial charge on any atom is 0.269 e. The summed E-state index contributed by atoms with van der Waals surface area (Å²) in [5, 5.41) is 4.95. The number of benzene rings is 3. The molecular formula is C24H21N3O3. The van der Waals surface area contributed by atoms with E-state index in [-0.39, 0.29) is 11.8 Å². The first-order valence-electron chi connectivity index (χ1n) is 9.77. The Morgan fingerprint density at radius 1 is 0.833 bits per heavy atom. The van der Waals surface area contributed by atoms with Gasteiger partial charge in [0, 0.05) is 23.2 Å². The van der Waals surface area contributed by atoms with Crippen molar-refractivity contribution in [3.8, 4) is 0 Å². The van der Waals surface area contributed by atoms with Gasteiger partial charge in [0.2, 0.25) is 5.91 Å². The van der Waals surface area contributed by atoms with E-state index < -0.39 is 11.8 Å². The lowest BCUT2D eigenvalue weighted by Gasteiger charge is -2.07. The van der Waals surface area contributed by atoms with Crippen LogP contribution in [0.2, 0.25) is 0 Å². The Bertz CT molecular complexity index is 1130. The van der Waals surface area contributed by atoms with Crippen LogP contribution in [-0.2, 0) is 9.59 Å². The summed E-state index contributed by atoms with van der Waals surface area (Å²) < 4.78 is 0. The Labute approximate surface area is 173 Å². The summed E-state index contributed by atoms with van der Waals surface area (Å²) in [5.41, 5.74) is 6.69. The van der Waals surface area contributed by atoms with E-state index in [1.807, 2.05) is 42.5 Å². The van der Waals surface area contributed by atoms with E-state index in [4.69, 9.17) is 0 Å². The second-order valence-corrected chi connectivity index (χ2v) is 7.19. The van der Waals surface area contributed by atoms with Crippen molar-refractivity contribution in [2.75, 3.05) is 5.32 Å². The van der Waals surface area contributed by atoms with Gasteiger partial charge in [0.05, 0.1) is 0 Å². The van der Waals surface area contributed by atoms with E-state index in [0.29, 0.717) is 11.3 Å². The number of hydrogen-bond acceptors (Lipinski definition) is 3. The summed E-state index contributed by atoms with van der Waals surface area (Å²) in [5.74, 6) is -0.755. The minimum atomic E-state index is -0.443.